The topological polar surface area (TPSA) is 85.1 Å². The first kappa shape index (κ1) is 14.9. The highest BCUT2D eigenvalue weighted by Crippen LogP contribution is 2.25. The first-order chi connectivity index (χ1) is 9.31. The third-order valence-corrected chi connectivity index (χ3v) is 5.34. The van der Waals surface area contributed by atoms with E-state index in [1.54, 1.807) is 13.1 Å². The number of nitrogen functional groups attached to an aromatic ring is 1. The third-order valence-electron chi connectivity index (χ3n) is 2.61. The van der Waals surface area contributed by atoms with Gasteiger partial charge in [-0.25, -0.2) is 22.5 Å². The number of anilines is 1. The number of aromatic nitrogens is 1. The molecule has 1 aromatic heterocycles. The van der Waals surface area contributed by atoms with Crippen LogP contribution in [0.25, 0.3) is 0 Å². The van der Waals surface area contributed by atoms with Gasteiger partial charge in [0.15, 0.2) is 0 Å². The molecule has 2 rings (SSSR count). The molecule has 0 bridgehead atoms. The Balaban J connectivity index is 2.32. The van der Waals surface area contributed by atoms with Gasteiger partial charge < -0.3 is 5.73 Å². The van der Waals surface area contributed by atoms with Crippen molar-refractivity contribution < 1.29 is 12.8 Å². The van der Waals surface area contributed by atoms with Gasteiger partial charge in [-0.05, 0) is 26.0 Å². The smallest absolute Gasteiger partial charge is 0.246 e. The van der Waals surface area contributed by atoms with E-state index in [1.807, 2.05) is 6.92 Å². The molecular weight excluding hydrogens is 301 g/mol. The monoisotopic (exact) mass is 315 g/mol. The van der Waals surface area contributed by atoms with E-state index in [0.717, 1.165) is 10.9 Å². The zero-order valence-corrected chi connectivity index (χ0v) is 12.6. The number of nitrogens with two attached hydrogens (primary N) is 1. The van der Waals surface area contributed by atoms with Gasteiger partial charge in [0.05, 0.1) is 11.7 Å². The van der Waals surface area contributed by atoms with Crippen molar-refractivity contribution in [3.63, 3.8) is 0 Å². The van der Waals surface area contributed by atoms with Gasteiger partial charge in [-0.1, -0.05) is 6.07 Å². The maximum atomic E-state index is 13.7. The fourth-order valence-corrected chi connectivity index (χ4v) is 3.97. The molecule has 8 heteroatoms. The summed E-state index contributed by atoms with van der Waals surface area (Å²) in [6.45, 7) is 3.52. The van der Waals surface area contributed by atoms with Crippen molar-refractivity contribution in [2.24, 2.45) is 0 Å². The van der Waals surface area contributed by atoms with Crippen molar-refractivity contribution in [1.82, 2.24) is 9.71 Å². The van der Waals surface area contributed by atoms with Crippen molar-refractivity contribution in [3.05, 3.63) is 40.1 Å². The van der Waals surface area contributed by atoms with Gasteiger partial charge in [-0.2, -0.15) is 0 Å². The Morgan fingerprint density at radius 3 is 2.70 bits per heavy atom. The van der Waals surface area contributed by atoms with Gasteiger partial charge in [0.2, 0.25) is 10.0 Å². The molecule has 2 aromatic rings. The summed E-state index contributed by atoms with van der Waals surface area (Å²) in [6, 6.07) is 3.20. The zero-order chi connectivity index (χ0) is 14.9. The fourth-order valence-electron chi connectivity index (χ4n) is 1.72. The van der Waals surface area contributed by atoms with E-state index in [9.17, 15) is 12.8 Å². The van der Waals surface area contributed by atoms with Crippen molar-refractivity contribution in [1.29, 1.82) is 0 Å². The summed E-state index contributed by atoms with van der Waals surface area (Å²) in [5.74, 6) is -0.875. The zero-order valence-electron chi connectivity index (χ0n) is 10.9. The number of hydrogen-bond donors (Lipinski definition) is 2. The van der Waals surface area contributed by atoms with Crippen LogP contribution in [-0.2, 0) is 10.0 Å². The Morgan fingerprint density at radius 2 is 2.15 bits per heavy atom. The van der Waals surface area contributed by atoms with Gasteiger partial charge in [0.1, 0.15) is 15.7 Å². The molecule has 0 radical (unpaired) electrons. The van der Waals surface area contributed by atoms with Crippen LogP contribution in [0.3, 0.4) is 0 Å². The molecular formula is C12H14FN3O2S2. The van der Waals surface area contributed by atoms with E-state index < -0.39 is 26.8 Å². The molecule has 0 aliphatic heterocycles. The highest BCUT2D eigenvalue weighted by atomic mass is 32.2. The molecule has 0 fully saturated rings. The summed E-state index contributed by atoms with van der Waals surface area (Å²) in [5.41, 5.74) is 5.43. The minimum atomic E-state index is -4.04. The van der Waals surface area contributed by atoms with Crippen LogP contribution in [0.5, 0.6) is 0 Å². The molecule has 3 N–H and O–H groups in total. The fraction of sp³-hybridized carbons (Fsp3) is 0.250. The molecule has 1 unspecified atom stereocenters. The number of benzene rings is 1. The maximum Gasteiger partial charge on any atom is 0.246 e. The summed E-state index contributed by atoms with van der Waals surface area (Å²) in [4.78, 5) is 4.55. The van der Waals surface area contributed by atoms with E-state index in [2.05, 4.69) is 9.71 Å². The number of nitrogens with one attached hydrogen (secondary N) is 1. The van der Waals surface area contributed by atoms with Gasteiger partial charge in [0, 0.05) is 11.1 Å². The predicted octanol–water partition coefficient (Wildman–Crippen LogP) is 2.21. The van der Waals surface area contributed by atoms with E-state index in [0.29, 0.717) is 5.01 Å². The maximum absolute atomic E-state index is 13.7. The molecule has 108 valence electrons. The summed E-state index contributed by atoms with van der Waals surface area (Å²) in [7, 11) is -4.04. The molecule has 5 nitrogen and oxygen atoms in total. The Morgan fingerprint density at radius 1 is 1.45 bits per heavy atom. The van der Waals surface area contributed by atoms with E-state index in [1.165, 1.54) is 23.5 Å². The number of hydrogen-bond acceptors (Lipinski definition) is 5. The SMILES string of the molecule is Cc1cnc(C(C)NS(=O)(=O)c2c(N)cccc2F)s1. The van der Waals surface area contributed by atoms with Crippen LogP contribution in [0.15, 0.2) is 29.3 Å². The number of halogens is 1. The number of nitrogens with zero attached hydrogens (tertiary/aromatic N) is 1. The van der Waals surface area contributed by atoms with Crippen LogP contribution in [0.1, 0.15) is 22.9 Å². The lowest BCUT2D eigenvalue weighted by Gasteiger charge is -2.13. The van der Waals surface area contributed by atoms with Crippen molar-refractivity contribution >= 4 is 27.0 Å². The summed E-state index contributed by atoms with van der Waals surface area (Å²) in [5, 5.41) is 0.612. The van der Waals surface area contributed by atoms with E-state index in [4.69, 9.17) is 5.73 Å². The third kappa shape index (κ3) is 2.97. The minimum Gasteiger partial charge on any atom is -0.398 e. The van der Waals surface area contributed by atoms with Crippen molar-refractivity contribution in [3.8, 4) is 0 Å². The van der Waals surface area contributed by atoms with E-state index in [-0.39, 0.29) is 5.69 Å². The number of aryl methyl sites for hydroxylation is 1. The molecule has 1 heterocycles. The van der Waals surface area contributed by atoms with E-state index >= 15 is 0 Å². The molecule has 1 atom stereocenters. The van der Waals surface area contributed by atoms with Gasteiger partial charge in [-0.15, -0.1) is 11.3 Å². The minimum absolute atomic E-state index is 0.125. The second kappa shape index (κ2) is 5.47. The molecule has 0 amide bonds. The Labute approximate surface area is 120 Å². The standard InChI is InChI=1S/C12H14FN3O2S2/c1-7-6-15-12(19-7)8(2)16-20(17,18)11-9(13)4-3-5-10(11)14/h3-6,8,16H,14H2,1-2H3. The van der Waals surface area contributed by atoms with Crippen LogP contribution < -0.4 is 10.5 Å². The van der Waals surface area contributed by atoms with Gasteiger partial charge in [-0.3, -0.25) is 0 Å². The second-order valence-electron chi connectivity index (χ2n) is 4.31. The predicted molar refractivity (Wildman–Crippen MR) is 76.4 cm³/mol. The number of rotatable bonds is 4. The molecule has 0 aliphatic rings. The Hall–Kier alpha value is -1.51. The summed E-state index contributed by atoms with van der Waals surface area (Å²) < 4.78 is 40.5. The molecule has 1 aromatic carbocycles. The van der Waals surface area contributed by atoms with Crippen LogP contribution in [0.4, 0.5) is 10.1 Å². The average Bonchev–Trinajstić information content (AvgIpc) is 2.74. The first-order valence-corrected chi connectivity index (χ1v) is 8.10. The van der Waals surface area contributed by atoms with Crippen LogP contribution in [0.2, 0.25) is 0 Å². The second-order valence-corrected chi connectivity index (χ2v) is 7.23. The largest absolute Gasteiger partial charge is 0.398 e. The summed E-state index contributed by atoms with van der Waals surface area (Å²) in [6.07, 6.45) is 1.66. The highest BCUT2D eigenvalue weighted by molar-refractivity contribution is 7.89. The molecule has 0 spiro atoms. The van der Waals surface area contributed by atoms with Crippen molar-refractivity contribution in [2.45, 2.75) is 24.8 Å². The average molecular weight is 315 g/mol. The van der Waals surface area contributed by atoms with Gasteiger partial charge in [0.25, 0.3) is 0 Å². The van der Waals surface area contributed by atoms with Crippen LogP contribution in [-0.4, -0.2) is 13.4 Å². The summed E-state index contributed by atoms with van der Waals surface area (Å²) >= 11 is 1.38. The Bertz CT molecular complexity index is 708. The Kier molecular flexibility index (Phi) is 4.07. The lowest BCUT2D eigenvalue weighted by Crippen LogP contribution is -2.28. The first-order valence-electron chi connectivity index (χ1n) is 5.80. The molecule has 0 saturated carbocycles. The number of thiazole rings is 1. The molecule has 0 saturated heterocycles. The van der Waals surface area contributed by atoms with Crippen LogP contribution in [0, 0.1) is 12.7 Å². The van der Waals surface area contributed by atoms with Crippen molar-refractivity contribution in [2.75, 3.05) is 5.73 Å². The quantitative estimate of drug-likeness (QED) is 0.847. The van der Waals surface area contributed by atoms with Crippen LogP contribution >= 0.6 is 11.3 Å². The number of sulfonamides is 1. The molecule has 0 aliphatic carbocycles. The lowest BCUT2D eigenvalue weighted by molar-refractivity contribution is 0.547. The lowest BCUT2D eigenvalue weighted by atomic mass is 10.3. The van der Waals surface area contributed by atoms with Gasteiger partial charge >= 0.3 is 0 Å². The normalized spacial score (nSPS) is 13.3. The highest BCUT2D eigenvalue weighted by Gasteiger charge is 2.25. The molecule has 20 heavy (non-hydrogen) atoms.